The molecule has 0 saturated carbocycles. The Morgan fingerprint density at radius 1 is 0.935 bits per heavy atom. The first kappa shape index (κ1) is 23.8. The molecule has 1 aromatic carbocycles. The molecule has 2 aliphatic rings. The summed E-state index contributed by atoms with van der Waals surface area (Å²) in [5.41, 5.74) is 1.45. The zero-order chi connectivity index (χ0) is 22.5. The lowest BCUT2D eigenvalue weighted by Crippen LogP contribution is -2.58. The number of hydrogen-bond donors (Lipinski definition) is 7. The highest BCUT2D eigenvalue weighted by molar-refractivity contribution is 5.53. The van der Waals surface area contributed by atoms with Crippen LogP contribution in [0.2, 0.25) is 0 Å². The van der Waals surface area contributed by atoms with E-state index in [1.165, 1.54) is 0 Å². The van der Waals surface area contributed by atoms with E-state index in [1.54, 1.807) is 30.4 Å². The van der Waals surface area contributed by atoms with Gasteiger partial charge in [0, 0.05) is 5.56 Å². The van der Waals surface area contributed by atoms with Gasteiger partial charge in [0.2, 0.25) is 0 Å². The molecule has 2 aliphatic heterocycles. The van der Waals surface area contributed by atoms with E-state index in [1.807, 2.05) is 6.07 Å². The van der Waals surface area contributed by atoms with Gasteiger partial charge >= 0.3 is 0 Å². The Kier molecular flexibility index (Phi) is 8.18. The number of aliphatic hydroxyl groups excluding tert-OH is 7. The maximum Gasteiger partial charge on any atom is 0.147 e. The Bertz CT molecular complexity index is 815. The molecule has 0 bridgehead atoms. The number of ether oxygens (including phenoxy) is 2. The van der Waals surface area contributed by atoms with Gasteiger partial charge in [-0.05, 0) is 24.1 Å². The second-order valence-corrected chi connectivity index (χ2v) is 7.70. The minimum absolute atomic E-state index is 0.113. The third-order valence-corrected chi connectivity index (χ3v) is 5.42. The molecular formula is C22H28O9. The van der Waals surface area contributed by atoms with Crippen LogP contribution >= 0.6 is 0 Å². The normalized spacial score (nSPS) is 38.6. The molecule has 0 aromatic heterocycles. The van der Waals surface area contributed by atoms with Gasteiger partial charge in [0.1, 0.15) is 48.8 Å². The zero-order valence-corrected chi connectivity index (χ0v) is 16.7. The number of benzene rings is 1. The number of aliphatic hydroxyl groups is 7. The molecule has 0 radical (unpaired) electrons. The van der Waals surface area contributed by atoms with Crippen molar-refractivity contribution in [2.45, 2.75) is 61.4 Å². The van der Waals surface area contributed by atoms with Crippen molar-refractivity contribution in [3.8, 4) is 11.8 Å². The summed E-state index contributed by atoms with van der Waals surface area (Å²) in [6, 6.07) is 7.18. The summed E-state index contributed by atoms with van der Waals surface area (Å²) in [4.78, 5) is 0. The van der Waals surface area contributed by atoms with Gasteiger partial charge in [-0.1, -0.05) is 36.1 Å². The van der Waals surface area contributed by atoms with Crippen molar-refractivity contribution >= 4 is 6.08 Å². The molecule has 2 heterocycles. The molecule has 31 heavy (non-hydrogen) atoms. The van der Waals surface area contributed by atoms with Gasteiger partial charge in [-0.15, -0.1) is 0 Å². The van der Waals surface area contributed by atoms with E-state index < -0.39 is 61.5 Å². The SMILES string of the molecule is OCC1OC(CC=Cc2cccc(C#CC3OCC(O)C(O)C3O)c2)C(O)C(O)C1O. The first-order valence-corrected chi connectivity index (χ1v) is 10.1. The Balaban J connectivity index is 1.62. The second kappa shape index (κ2) is 10.7. The highest BCUT2D eigenvalue weighted by Crippen LogP contribution is 2.24. The van der Waals surface area contributed by atoms with Gasteiger partial charge in [-0.2, -0.15) is 0 Å². The molecule has 0 aliphatic carbocycles. The van der Waals surface area contributed by atoms with Crippen molar-refractivity contribution in [1.82, 2.24) is 0 Å². The van der Waals surface area contributed by atoms with Crippen molar-refractivity contribution in [3.63, 3.8) is 0 Å². The summed E-state index contributed by atoms with van der Waals surface area (Å²) < 4.78 is 10.7. The third-order valence-electron chi connectivity index (χ3n) is 5.42. The second-order valence-electron chi connectivity index (χ2n) is 7.70. The van der Waals surface area contributed by atoms with Crippen molar-refractivity contribution < 1.29 is 45.2 Å². The average Bonchev–Trinajstić information content (AvgIpc) is 2.77. The van der Waals surface area contributed by atoms with Crippen LogP contribution in [0.5, 0.6) is 0 Å². The van der Waals surface area contributed by atoms with Crippen molar-refractivity contribution in [2.24, 2.45) is 0 Å². The molecule has 0 spiro atoms. The largest absolute Gasteiger partial charge is 0.394 e. The Labute approximate surface area is 179 Å². The van der Waals surface area contributed by atoms with Crippen molar-refractivity contribution in [2.75, 3.05) is 13.2 Å². The van der Waals surface area contributed by atoms with E-state index in [2.05, 4.69) is 11.8 Å². The molecule has 9 atom stereocenters. The van der Waals surface area contributed by atoms with Gasteiger partial charge < -0.3 is 45.2 Å². The predicted octanol–water partition coefficient (Wildman–Crippen LogP) is -2.23. The minimum atomic E-state index is -1.40. The quantitative estimate of drug-likeness (QED) is 0.259. The van der Waals surface area contributed by atoms with Crippen LogP contribution in [-0.4, -0.2) is 104 Å². The summed E-state index contributed by atoms with van der Waals surface area (Å²) in [5.74, 6) is 5.63. The lowest BCUT2D eigenvalue weighted by Gasteiger charge is -2.39. The lowest BCUT2D eigenvalue weighted by molar-refractivity contribution is -0.227. The summed E-state index contributed by atoms with van der Waals surface area (Å²) in [5, 5.41) is 68.1. The minimum Gasteiger partial charge on any atom is -0.394 e. The van der Waals surface area contributed by atoms with Gasteiger partial charge in [0.25, 0.3) is 0 Å². The first-order chi connectivity index (χ1) is 14.8. The van der Waals surface area contributed by atoms with Gasteiger partial charge in [-0.3, -0.25) is 0 Å². The van der Waals surface area contributed by atoms with E-state index in [4.69, 9.17) is 9.47 Å². The molecular weight excluding hydrogens is 408 g/mol. The topological polar surface area (TPSA) is 160 Å². The highest BCUT2D eigenvalue weighted by Gasteiger charge is 2.42. The Morgan fingerprint density at radius 3 is 2.42 bits per heavy atom. The highest BCUT2D eigenvalue weighted by atomic mass is 16.5. The van der Waals surface area contributed by atoms with Crippen LogP contribution in [0.15, 0.2) is 30.3 Å². The third kappa shape index (κ3) is 5.70. The van der Waals surface area contributed by atoms with Gasteiger partial charge in [-0.25, -0.2) is 0 Å². The molecule has 3 rings (SSSR count). The average molecular weight is 436 g/mol. The maximum absolute atomic E-state index is 10.1. The van der Waals surface area contributed by atoms with E-state index in [0.717, 1.165) is 5.56 Å². The molecule has 0 amide bonds. The molecule has 7 N–H and O–H groups in total. The van der Waals surface area contributed by atoms with E-state index in [9.17, 15) is 35.7 Å². The smallest absolute Gasteiger partial charge is 0.147 e. The predicted molar refractivity (Wildman–Crippen MR) is 108 cm³/mol. The number of rotatable bonds is 4. The summed E-state index contributed by atoms with van der Waals surface area (Å²) in [6.07, 6.45) is -6.70. The van der Waals surface area contributed by atoms with Crippen molar-refractivity contribution in [3.05, 3.63) is 41.5 Å². The molecule has 9 nitrogen and oxygen atoms in total. The van der Waals surface area contributed by atoms with Crippen LogP contribution in [0.1, 0.15) is 17.5 Å². The summed E-state index contributed by atoms with van der Waals surface area (Å²) >= 11 is 0. The van der Waals surface area contributed by atoms with Crippen LogP contribution in [0.3, 0.4) is 0 Å². The van der Waals surface area contributed by atoms with Crippen molar-refractivity contribution in [1.29, 1.82) is 0 Å². The van der Waals surface area contributed by atoms with E-state index in [-0.39, 0.29) is 13.0 Å². The maximum atomic E-state index is 10.1. The molecule has 9 unspecified atom stereocenters. The van der Waals surface area contributed by atoms with Crippen LogP contribution in [-0.2, 0) is 9.47 Å². The first-order valence-electron chi connectivity index (χ1n) is 10.1. The van der Waals surface area contributed by atoms with Gasteiger partial charge in [0.15, 0.2) is 0 Å². The fourth-order valence-electron chi connectivity index (χ4n) is 3.52. The monoisotopic (exact) mass is 436 g/mol. The van der Waals surface area contributed by atoms with E-state index in [0.29, 0.717) is 5.56 Å². The zero-order valence-electron chi connectivity index (χ0n) is 16.7. The van der Waals surface area contributed by atoms with E-state index >= 15 is 0 Å². The van der Waals surface area contributed by atoms with Crippen LogP contribution in [0.25, 0.3) is 6.08 Å². The Hall–Kier alpha value is -1.84. The molecule has 170 valence electrons. The number of hydrogen-bond acceptors (Lipinski definition) is 9. The lowest BCUT2D eigenvalue weighted by atomic mass is 9.93. The summed E-state index contributed by atoms with van der Waals surface area (Å²) in [7, 11) is 0. The fraction of sp³-hybridized carbons (Fsp3) is 0.545. The van der Waals surface area contributed by atoms with Crippen LogP contribution in [0, 0.1) is 11.8 Å². The summed E-state index contributed by atoms with van der Waals surface area (Å²) in [6.45, 7) is -0.584. The molecule has 9 heteroatoms. The molecule has 2 saturated heterocycles. The Morgan fingerprint density at radius 2 is 1.68 bits per heavy atom. The fourth-order valence-corrected chi connectivity index (χ4v) is 3.52. The van der Waals surface area contributed by atoms with Crippen LogP contribution < -0.4 is 0 Å². The standard InChI is InChI=1S/C22H28O9/c23-10-17-21(28)22(29)20(27)16(31-17)6-2-5-12-3-1-4-13(9-12)7-8-15-19(26)18(25)14(24)11-30-15/h1-5,9,14-29H,6,10-11H2. The molecule has 1 aromatic rings. The van der Waals surface area contributed by atoms with Crippen LogP contribution in [0.4, 0.5) is 0 Å². The van der Waals surface area contributed by atoms with Gasteiger partial charge in [0.05, 0.1) is 19.3 Å². The molecule has 2 fully saturated rings.